The number of benzene rings is 2. The minimum Gasteiger partial charge on any atom is -0.480 e. The van der Waals surface area contributed by atoms with Crippen LogP contribution in [0.2, 0.25) is 5.02 Å². The SMILES string of the molecule is Cc1cc(=O)oc2cc(NC(=O)C3Cc4cc(Cl)ccc4O3)ccc12. The van der Waals surface area contributed by atoms with Crippen molar-refractivity contribution in [2.24, 2.45) is 0 Å². The molecule has 1 amide bonds. The Hall–Kier alpha value is -2.79. The van der Waals surface area contributed by atoms with Crippen molar-refractivity contribution in [1.29, 1.82) is 0 Å². The van der Waals surface area contributed by atoms with E-state index >= 15 is 0 Å². The molecule has 1 atom stereocenters. The van der Waals surface area contributed by atoms with Gasteiger partial charge < -0.3 is 14.5 Å². The Kier molecular flexibility index (Phi) is 3.73. The van der Waals surface area contributed by atoms with Crippen molar-refractivity contribution in [3.8, 4) is 5.75 Å². The third-order valence-corrected chi connectivity index (χ3v) is 4.44. The van der Waals surface area contributed by atoms with Gasteiger partial charge in [0.05, 0.1) is 0 Å². The highest BCUT2D eigenvalue weighted by Gasteiger charge is 2.29. The number of hydrogen-bond donors (Lipinski definition) is 1. The quantitative estimate of drug-likeness (QED) is 0.712. The largest absolute Gasteiger partial charge is 0.480 e. The number of ether oxygens (including phenoxy) is 1. The summed E-state index contributed by atoms with van der Waals surface area (Å²) in [7, 11) is 0. The lowest BCUT2D eigenvalue weighted by Crippen LogP contribution is -2.31. The van der Waals surface area contributed by atoms with Gasteiger partial charge in [0.1, 0.15) is 11.3 Å². The summed E-state index contributed by atoms with van der Waals surface area (Å²) in [4.78, 5) is 24.0. The molecule has 6 heteroatoms. The van der Waals surface area contributed by atoms with Gasteiger partial charge in [-0.15, -0.1) is 0 Å². The highest BCUT2D eigenvalue weighted by molar-refractivity contribution is 6.30. The zero-order valence-corrected chi connectivity index (χ0v) is 14.1. The fraction of sp³-hybridized carbons (Fsp3) is 0.158. The number of aryl methyl sites for hydroxylation is 1. The molecule has 0 bridgehead atoms. The first kappa shape index (κ1) is 15.7. The first-order valence-corrected chi connectivity index (χ1v) is 8.18. The molecule has 0 radical (unpaired) electrons. The summed E-state index contributed by atoms with van der Waals surface area (Å²) in [6.07, 6.45) is -0.155. The van der Waals surface area contributed by atoms with Crippen molar-refractivity contribution < 1.29 is 13.9 Å². The Bertz CT molecular complexity index is 1060. The highest BCUT2D eigenvalue weighted by atomic mass is 35.5. The lowest BCUT2D eigenvalue weighted by molar-refractivity contribution is -0.122. The van der Waals surface area contributed by atoms with E-state index in [1.54, 1.807) is 30.3 Å². The second-order valence-electron chi connectivity index (χ2n) is 6.01. The Morgan fingerprint density at radius 3 is 2.88 bits per heavy atom. The van der Waals surface area contributed by atoms with Gasteiger partial charge in [0.25, 0.3) is 5.91 Å². The molecular weight excluding hydrogens is 342 g/mol. The molecule has 4 rings (SSSR count). The second-order valence-corrected chi connectivity index (χ2v) is 6.45. The molecule has 2 heterocycles. The number of nitrogens with one attached hydrogen (secondary N) is 1. The predicted octanol–water partition coefficient (Wildman–Crippen LogP) is 3.70. The molecule has 0 spiro atoms. The van der Waals surface area contributed by atoms with Crippen LogP contribution in [0, 0.1) is 6.92 Å². The van der Waals surface area contributed by atoms with E-state index in [0.29, 0.717) is 28.5 Å². The summed E-state index contributed by atoms with van der Waals surface area (Å²) in [5.74, 6) is 0.409. The molecule has 0 saturated carbocycles. The number of hydrogen-bond acceptors (Lipinski definition) is 4. The maximum Gasteiger partial charge on any atom is 0.336 e. The van der Waals surface area contributed by atoms with Crippen LogP contribution < -0.4 is 15.7 Å². The minimum absolute atomic E-state index is 0.262. The van der Waals surface area contributed by atoms with Crippen LogP contribution >= 0.6 is 11.6 Å². The Morgan fingerprint density at radius 1 is 1.20 bits per heavy atom. The van der Waals surface area contributed by atoms with Gasteiger partial charge in [0.2, 0.25) is 0 Å². The van der Waals surface area contributed by atoms with E-state index in [0.717, 1.165) is 16.5 Å². The van der Waals surface area contributed by atoms with Gasteiger partial charge in [0.15, 0.2) is 6.10 Å². The number of fused-ring (bicyclic) bond motifs is 2. The van der Waals surface area contributed by atoms with Crippen LogP contribution in [0.15, 0.2) is 51.7 Å². The molecule has 1 unspecified atom stereocenters. The first-order chi connectivity index (χ1) is 12.0. The molecule has 0 fully saturated rings. The van der Waals surface area contributed by atoms with Crippen LogP contribution in [0.3, 0.4) is 0 Å². The summed E-state index contributed by atoms with van der Waals surface area (Å²) >= 11 is 5.97. The Balaban J connectivity index is 1.55. The molecule has 3 aromatic rings. The molecule has 1 aliphatic heterocycles. The second kappa shape index (κ2) is 5.93. The number of anilines is 1. The van der Waals surface area contributed by atoms with Gasteiger partial charge in [0, 0.05) is 34.6 Å². The minimum atomic E-state index is -0.617. The topological polar surface area (TPSA) is 68.5 Å². The summed E-state index contributed by atoms with van der Waals surface area (Å²) in [6.45, 7) is 1.84. The van der Waals surface area contributed by atoms with Crippen molar-refractivity contribution in [3.63, 3.8) is 0 Å². The van der Waals surface area contributed by atoms with Crippen LogP contribution in [-0.2, 0) is 11.2 Å². The molecule has 0 saturated heterocycles. The smallest absolute Gasteiger partial charge is 0.336 e. The van der Waals surface area contributed by atoms with E-state index in [-0.39, 0.29) is 5.91 Å². The number of amides is 1. The fourth-order valence-electron chi connectivity index (χ4n) is 2.99. The highest BCUT2D eigenvalue weighted by Crippen LogP contribution is 2.31. The number of carbonyl (C=O) groups excluding carboxylic acids is 1. The van der Waals surface area contributed by atoms with E-state index < -0.39 is 11.7 Å². The van der Waals surface area contributed by atoms with Crippen LogP contribution in [0.25, 0.3) is 11.0 Å². The van der Waals surface area contributed by atoms with Crippen molar-refractivity contribution in [2.45, 2.75) is 19.4 Å². The van der Waals surface area contributed by atoms with Gasteiger partial charge in [-0.2, -0.15) is 0 Å². The summed E-state index contributed by atoms with van der Waals surface area (Å²) < 4.78 is 10.9. The third-order valence-electron chi connectivity index (χ3n) is 4.21. The molecule has 1 aliphatic rings. The normalized spacial score (nSPS) is 15.7. The monoisotopic (exact) mass is 355 g/mol. The Morgan fingerprint density at radius 2 is 2.04 bits per heavy atom. The predicted molar refractivity (Wildman–Crippen MR) is 95.4 cm³/mol. The Labute approximate surface area is 148 Å². The maximum absolute atomic E-state index is 12.5. The van der Waals surface area contributed by atoms with Gasteiger partial charge >= 0.3 is 5.63 Å². The lowest BCUT2D eigenvalue weighted by atomic mass is 10.1. The van der Waals surface area contributed by atoms with E-state index in [4.69, 9.17) is 20.8 Å². The molecule has 1 aromatic heterocycles. The van der Waals surface area contributed by atoms with Crippen LogP contribution in [0.1, 0.15) is 11.1 Å². The zero-order valence-electron chi connectivity index (χ0n) is 13.3. The van der Waals surface area contributed by atoms with Gasteiger partial charge in [-0.05, 0) is 48.4 Å². The van der Waals surface area contributed by atoms with Gasteiger partial charge in [-0.1, -0.05) is 11.6 Å². The van der Waals surface area contributed by atoms with Crippen LogP contribution in [0.4, 0.5) is 5.69 Å². The average Bonchev–Trinajstić information content (AvgIpc) is 2.97. The molecule has 2 aromatic carbocycles. The third kappa shape index (κ3) is 2.98. The number of halogens is 1. The van der Waals surface area contributed by atoms with Crippen molar-refractivity contribution in [1.82, 2.24) is 0 Å². The molecule has 1 N–H and O–H groups in total. The first-order valence-electron chi connectivity index (χ1n) is 7.80. The molecule has 5 nitrogen and oxygen atoms in total. The number of carbonyl (C=O) groups is 1. The van der Waals surface area contributed by atoms with Gasteiger partial charge in [-0.25, -0.2) is 4.79 Å². The van der Waals surface area contributed by atoms with E-state index in [1.165, 1.54) is 6.07 Å². The fourth-order valence-corrected chi connectivity index (χ4v) is 3.18. The maximum atomic E-state index is 12.5. The van der Waals surface area contributed by atoms with Crippen LogP contribution in [-0.4, -0.2) is 12.0 Å². The molecule has 25 heavy (non-hydrogen) atoms. The lowest BCUT2D eigenvalue weighted by Gasteiger charge is -2.12. The van der Waals surface area contributed by atoms with E-state index in [1.807, 2.05) is 13.0 Å². The molecular formula is C19H14ClNO4. The zero-order chi connectivity index (χ0) is 17.6. The molecule has 0 aliphatic carbocycles. The standard InChI is InChI=1S/C19H14ClNO4/c1-10-6-18(22)25-16-9-13(3-4-14(10)16)21-19(23)17-8-11-7-12(20)2-5-15(11)24-17/h2-7,9,17H,8H2,1H3,(H,21,23). The van der Waals surface area contributed by atoms with Crippen molar-refractivity contribution in [3.05, 3.63) is 69.0 Å². The van der Waals surface area contributed by atoms with E-state index in [2.05, 4.69) is 5.32 Å². The van der Waals surface area contributed by atoms with Crippen LogP contribution in [0.5, 0.6) is 5.75 Å². The average molecular weight is 356 g/mol. The number of rotatable bonds is 2. The molecule has 126 valence electrons. The summed E-state index contributed by atoms with van der Waals surface area (Å²) in [5, 5.41) is 4.25. The van der Waals surface area contributed by atoms with Gasteiger partial charge in [-0.3, -0.25) is 4.79 Å². The van der Waals surface area contributed by atoms with Crippen molar-refractivity contribution >= 4 is 34.2 Å². The summed E-state index contributed by atoms with van der Waals surface area (Å²) in [5.41, 5.74) is 2.30. The van der Waals surface area contributed by atoms with E-state index in [9.17, 15) is 9.59 Å². The summed E-state index contributed by atoms with van der Waals surface area (Å²) in [6, 6.07) is 12.0. The van der Waals surface area contributed by atoms with Crippen molar-refractivity contribution in [2.75, 3.05) is 5.32 Å².